The highest BCUT2D eigenvalue weighted by Crippen LogP contribution is 2.26. The van der Waals surface area contributed by atoms with E-state index in [2.05, 4.69) is 5.32 Å². The zero-order chi connectivity index (χ0) is 13.7. The summed E-state index contributed by atoms with van der Waals surface area (Å²) in [5.41, 5.74) is 7.51. The molecule has 1 aromatic carbocycles. The molecule has 2 atom stereocenters. The Kier molecular flexibility index (Phi) is 7.49. The second-order valence-electron chi connectivity index (χ2n) is 4.57. The Morgan fingerprint density at radius 3 is 2.58 bits per heavy atom. The van der Waals surface area contributed by atoms with Gasteiger partial charge < -0.3 is 15.8 Å². The van der Waals surface area contributed by atoms with Crippen molar-refractivity contribution >= 4 is 24.0 Å². The van der Waals surface area contributed by atoms with E-state index in [0.29, 0.717) is 18.0 Å². The first-order chi connectivity index (χ1) is 8.45. The van der Waals surface area contributed by atoms with Gasteiger partial charge in [0.1, 0.15) is 5.75 Å². The van der Waals surface area contributed by atoms with Crippen molar-refractivity contribution in [2.45, 2.75) is 33.7 Å². The van der Waals surface area contributed by atoms with Gasteiger partial charge >= 0.3 is 0 Å². The van der Waals surface area contributed by atoms with Gasteiger partial charge in [0.25, 0.3) is 0 Å². The molecule has 0 saturated carbocycles. The third kappa shape index (κ3) is 5.09. The van der Waals surface area contributed by atoms with Gasteiger partial charge in [-0.15, -0.1) is 12.4 Å². The van der Waals surface area contributed by atoms with E-state index < -0.39 is 0 Å². The Balaban J connectivity index is 0.00000324. The van der Waals surface area contributed by atoms with Crippen molar-refractivity contribution in [3.8, 4) is 5.75 Å². The SMILES string of the molecule is CCOc1cc(C)ccc1NC(=O)C(C)C(C)N.Cl. The van der Waals surface area contributed by atoms with Crippen LogP contribution in [0.4, 0.5) is 5.69 Å². The van der Waals surface area contributed by atoms with Crippen LogP contribution in [0.5, 0.6) is 5.75 Å². The minimum Gasteiger partial charge on any atom is -0.492 e. The number of hydrogen-bond acceptors (Lipinski definition) is 3. The van der Waals surface area contributed by atoms with Crippen LogP contribution in [0.2, 0.25) is 0 Å². The lowest BCUT2D eigenvalue weighted by molar-refractivity contribution is -0.119. The van der Waals surface area contributed by atoms with Crippen LogP contribution in [0, 0.1) is 12.8 Å². The first-order valence-electron chi connectivity index (χ1n) is 6.25. The molecule has 108 valence electrons. The molecule has 0 fully saturated rings. The van der Waals surface area contributed by atoms with Crippen LogP contribution < -0.4 is 15.8 Å². The summed E-state index contributed by atoms with van der Waals surface area (Å²) in [5.74, 6) is 0.373. The van der Waals surface area contributed by atoms with Crippen LogP contribution in [0.3, 0.4) is 0 Å². The molecule has 0 heterocycles. The van der Waals surface area contributed by atoms with E-state index in [-0.39, 0.29) is 30.3 Å². The van der Waals surface area contributed by atoms with Crippen LogP contribution in [0.1, 0.15) is 26.3 Å². The molecule has 2 unspecified atom stereocenters. The number of amides is 1. The highest BCUT2D eigenvalue weighted by molar-refractivity contribution is 5.94. The van der Waals surface area contributed by atoms with Crippen LogP contribution in [-0.4, -0.2) is 18.6 Å². The summed E-state index contributed by atoms with van der Waals surface area (Å²) < 4.78 is 5.51. The molecule has 5 heteroatoms. The molecule has 19 heavy (non-hydrogen) atoms. The fraction of sp³-hybridized carbons (Fsp3) is 0.500. The van der Waals surface area contributed by atoms with E-state index in [1.165, 1.54) is 0 Å². The van der Waals surface area contributed by atoms with E-state index in [4.69, 9.17) is 10.5 Å². The van der Waals surface area contributed by atoms with Crippen LogP contribution in [0.25, 0.3) is 0 Å². The summed E-state index contributed by atoms with van der Waals surface area (Å²) in [6, 6.07) is 5.53. The zero-order valence-corrected chi connectivity index (χ0v) is 12.7. The molecule has 0 aliphatic heterocycles. The van der Waals surface area contributed by atoms with Gasteiger partial charge in [0, 0.05) is 6.04 Å². The number of halogens is 1. The van der Waals surface area contributed by atoms with Gasteiger partial charge in [0.05, 0.1) is 18.2 Å². The molecular weight excluding hydrogens is 264 g/mol. The second kappa shape index (κ2) is 8.02. The summed E-state index contributed by atoms with van der Waals surface area (Å²) in [6.07, 6.45) is 0. The first kappa shape index (κ1) is 17.7. The van der Waals surface area contributed by atoms with Crippen molar-refractivity contribution in [2.24, 2.45) is 11.7 Å². The van der Waals surface area contributed by atoms with E-state index >= 15 is 0 Å². The summed E-state index contributed by atoms with van der Waals surface area (Å²) in [7, 11) is 0. The van der Waals surface area contributed by atoms with Gasteiger partial charge in [-0.25, -0.2) is 0 Å². The quantitative estimate of drug-likeness (QED) is 0.875. The van der Waals surface area contributed by atoms with E-state index in [9.17, 15) is 4.79 Å². The van der Waals surface area contributed by atoms with Crippen molar-refractivity contribution in [2.75, 3.05) is 11.9 Å². The second-order valence-corrected chi connectivity index (χ2v) is 4.57. The topological polar surface area (TPSA) is 64.3 Å². The van der Waals surface area contributed by atoms with Gasteiger partial charge in [0.15, 0.2) is 0 Å². The number of carbonyl (C=O) groups is 1. The minimum absolute atomic E-state index is 0. The van der Waals surface area contributed by atoms with Gasteiger partial charge in [-0.3, -0.25) is 4.79 Å². The number of nitrogens with two attached hydrogens (primary N) is 1. The van der Waals surface area contributed by atoms with Crippen LogP contribution in [-0.2, 0) is 4.79 Å². The Morgan fingerprint density at radius 2 is 2.05 bits per heavy atom. The van der Waals surface area contributed by atoms with Gasteiger partial charge in [-0.1, -0.05) is 13.0 Å². The van der Waals surface area contributed by atoms with Gasteiger partial charge in [-0.05, 0) is 38.5 Å². The Morgan fingerprint density at radius 1 is 1.42 bits per heavy atom. The van der Waals surface area contributed by atoms with E-state index in [1.54, 1.807) is 0 Å². The van der Waals surface area contributed by atoms with Crippen molar-refractivity contribution in [3.63, 3.8) is 0 Å². The Hall–Kier alpha value is -1.26. The first-order valence-corrected chi connectivity index (χ1v) is 6.25. The van der Waals surface area contributed by atoms with Crippen molar-refractivity contribution in [3.05, 3.63) is 23.8 Å². The largest absolute Gasteiger partial charge is 0.492 e. The molecule has 0 aliphatic carbocycles. The molecule has 1 aromatic rings. The third-order valence-electron chi connectivity index (χ3n) is 2.90. The number of ether oxygens (including phenoxy) is 1. The molecule has 4 nitrogen and oxygen atoms in total. The van der Waals surface area contributed by atoms with Crippen molar-refractivity contribution < 1.29 is 9.53 Å². The number of anilines is 1. The lowest BCUT2D eigenvalue weighted by atomic mass is 10.0. The highest BCUT2D eigenvalue weighted by Gasteiger charge is 2.18. The average molecular weight is 287 g/mol. The number of aryl methyl sites for hydroxylation is 1. The molecule has 0 radical (unpaired) electrons. The fourth-order valence-corrected chi connectivity index (χ4v) is 1.49. The Labute approximate surface area is 121 Å². The maximum Gasteiger partial charge on any atom is 0.228 e. The van der Waals surface area contributed by atoms with Gasteiger partial charge in [-0.2, -0.15) is 0 Å². The predicted molar refractivity (Wildman–Crippen MR) is 81.0 cm³/mol. The monoisotopic (exact) mass is 286 g/mol. The number of hydrogen-bond donors (Lipinski definition) is 2. The predicted octanol–water partition coefficient (Wildman–Crippen LogP) is 2.74. The number of rotatable bonds is 5. The molecule has 3 N–H and O–H groups in total. The maximum atomic E-state index is 11.9. The zero-order valence-electron chi connectivity index (χ0n) is 11.9. The molecule has 0 aromatic heterocycles. The van der Waals surface area contributed by atoms with Crippen LogP contribution in [0.15, 0.2) is 18.2 Å². The normalized spacial score (nSPS) is 13.1. The molecular formula is C14H23ClN2O2. The van der Waals surface area contributed by atoms with Gasteiger partial charge in [0.2, 0.25) is 5.91 Å². The summed E-state index contributed by atoms with van der Waals surface area (Å²) in [4.78, 5) is 11.9. The van der Waals surface area contributed by atoms with E-state index in [1.807, 2.05) is 45.9 Å². The number of nitrogens with one attached hydrogen (secondary N) is 1. The fourth-order valence-electron chi connectivity index (χ4n) is 1.49. The highest BCUT2D eigenvalue weighted by atomic mass is 35.5. The third-order valence-corrected chi connectivity index (χ3v) is 2.90. The average Bonchev–Trinajstić information content (AvgIpc) is 2.31. The molecule has 1 amide bonds. The van der Waals surface area contributed by atoms with Crippen molar-refractivity contribution in [1.82, 2.24) is 0 Å². The lowest BCUT2D eigenvalue weighted by Crippen LogP contribution is -2.34. The summed E-state index contributed by atoms with van der Waals surface area (Å²) in [6.45, 7) is 8.10. The number of benzene rings is 1. The lowest BCUT2D eigenvalue weighted by Gasteiger charge is -2.17. The molecule has 0 saturated heterocycles. The standard InChI is InChI=1S/C14H22N2O2.ClH/c1-5-18-13-8-9(2)6-7-12(13)16-14(17)10(3)11(4)15;/h6-8,10-11H,5,15H2,1-4H3,(H,16,17);1H. The van der Waals surface area contributed by atoms with E-state index in [0.717, 1.165) is 5.56 Å². The minimum atomic E-state index is -0.235. The maximum absolute atomic E-state index is 11.9. The van der Waals surface area contributed by atoms with Crippen LogP contribution >= 0.6 is 12.4 Å². The summed E-state index contributed by atoms with van der Waals surface area (Å²) >= 11 is 0. The van der Waals surface area contributed by atoms with Crippen molar-refractivity contribution in [1.29, 1.82) is 0 Å². The molecule has 0 spiro atoms. The Bertz CT molecular complexity index is 422. The smallest absolute Gasteiger partial charge is 0.228 e. The summed E-state index contributed by atoms with van der Waals surface area (Å²) in [5, 5.41) is 2.86. The molecule has 1 rings (SSSR count). The molecule has 0 bridgehead atoms. The number of carbonyl (C=O) groups excluding carboxylic acids is 1. The molecule has 0 aliphatic rings.